The van der Waals surface area contributed by atoms with Crippen LogP contribution in [0.3, 0.4) is 0 Å². The molecule has 0 aliphatic rings. The molecule has 0 unspecified atom stereocenters. The zero-order valence-electron chi connectivity index (χ0n) is 11.5. The van der Waals surface area contributed by atoms with Gasteiger partial charge in [0.1, 0.15) is 0 Å². The number of nitrogens with two attached hydrogens (primary N) is 1. The van der Waals surface area contributed by atoms with Gasteiger partial charge in [-0.3, -0.25) is 14.8 Å². The predicted molar refractivity (Wildman–Crippen MR) is 84.7 cm³/mol. The highest BCUT2D eigenvalue weighted by atomic mass is 32.2. The Bertz CT molecular complexity index is 812. The molecule has 0 saturated carbocycles. The fourth-order valence-corrected chi connectivity index (χ4v) is 2.32. The average Bonchev–Trinajstić information content (AvgIpc) is 2.85. The Morgan fingerprint density at radius 3 is 2.41 bits per heavy atom. The van der Waals surface area contributed by atoms with Crippen molar-refractivity contribution in [1.82, 2.24) is 15.1 Å². The number of benzene rings is 1. The second-order valence-electron chi connectivity index (χ2n) is 4.35. The van der Waals surface area contributed by atoms with E-state index in [1.165, 1.54) is 28.9 Å². The maximum Gasteiger partial charge on any atom is 0.277 e. The molecule has 1 aromatic carbocycles. The van der Waals surface area contributed by atoms with Crippen LogP contribution in [-0.4, -0.2) is 29.2 Å². The molecular weight excluding hydrogens is 326 g/mol. The third-order valence-corrected chi connectivity index (χ3v) is 3.75. The van der Waals surface area contributed by atoms with Crippen molar-refractivity contribution in [1.29, 1.82) is 0 Å². The van der Waals surface area contributed by atoms with Crippen LogP contribution in [0.1, 0.15) is 10.5 Å². The van der Waals surface area contributed by atoms with Crippen LogP contribution in [-0.2, 0) is 17.1 Å². The molecule has 0 aliphatic carbocycles. The van der Waals surface area contributed by atoms with Gasteiger partial charge >= 0.3 is 0 Å². The molecule has 2 aromatic rings. The van der Waals surface area contributed by atoms with E-state index in [1.54, 1.807) is 19.3 Å². The normalized spacial score (nSPS) is 11.0. The Balaban J connectivity index is 1.99. The van der Waals surface area contributed by atoms with Crippen molar-refractivity contribution in [3.63, 3.8) is 0 Å². The van der Waals surface area contributed by atoms with E-state index in [0.29, 0.717) is 5.69 Å². The maximum absolute atomic E-state index is 11.8. The van der Waals surface area contributed by atoms with E-state index in [9.17, 15) is 13.2 Å². The van der Waals surface area contributed by atoms with E-state index in [4.69, 9.17) is 17.4 Å². The molecule has 22 heavy (non-hydrogen) atoms. The fraction of sp³-hybridized carbons (Fsp3) is 0.0833. The van der Waals surface area contributed by atoms with Crippen molar-refractivity contribution in [3.05, 3.63) is 42.2 Å². The van der Waals surface area contributed by atoms with Gasteiger partial charge in [-0.2, -0.15) is 5.10 Å². The minimum absolute atomic E-state index is 0.0125. The van der Waals surface area contributed by atoms with Gasteiger partial charge in [0, 0.05) is 18.9 Å². The Kier molecular flexibility index (Phi) is 4.54. The monoisotopic (exact) mass is 339 g/mol. The first kappa shape index (κ1) is 16.1. The summed E-state index contributed by atoms with van der Waals surface area (Å²) < 4.78 is 23.8. The minimum atomic E-state index is -3.74. The maximum atomic E-state index is 11.8. The van der Waals surface area contributed by atoms with E-state index < -0.39 is 15.9 Å². The number of thiocarbonyl (C=S) groups is 1. The van der Waals surface area contributed by atoms with Gasteiger partial charge in [0.2, 0.25) is 10.0 Å². The Hall–Kier alpha value is -2.30. The topological polar surface area (TPSA) is 119 Å². The average molecular weight is 339 g/mol. The summed E-state index contributed by atoms with van der Waals surface area (Å²) in [5.41, 5.74) is 0.745. The molecule has 2 rings (SSSR count). The van der Waals surface area contributed by atoms with Gasteiger partial charge in [0.25, 0.3) is 5.91 Å². The number of primary sulfonamides is 1. The summed E-state index contributed by atoms with van der Waals surface area (Å²) in [5.74, 6) is -0.445. The van der Waals surface area contributed by atoms with E-state index in [1.807, 2.05) is 0 Å². The van der Waals surface area contributed by atoms with Crippen LogP contribution in [0.2, 0.25) is 0 Å². The summed E-state index contributed by atoms with van der Waals surface area (Å²) in [7, 11) is -2.05. The van der Waals surface area contributed by atoms with Crippen LogP contribution in [0.25, 0.3) is 0 Å². The van der Waals surface area contributed by atoms with Gasteiger partial charge in [-0.25, -0.2) is 13.6 Å². The third-order valence-electron chi connectivity index (χ3n) is 2.61. The number of carbonyl (C=O) groups excluding carboxylic acids is 1. The highest BCUT2D eigenvalue weighted by molar-refractivity contribution is 7.89. The van der Waals surface area contributed by atoms with Crippen molar-refractivity contribution in [2.45, 2.75) is 4.90 Å². The molecule has 0 bridgehead atoms. The highest BCUT2D eigenvalue weighted by Gasteiger charge is 2.11. The van der Waals surface area contributed by atoms with Gasteiger partial charge in [0.15, 0.2) is 10.8 Å². The van der Waals surface area contributed by atoms with E-state index in [-0.39, 0.29) is 15.7 Å². The van der Waals surface area contributed by atoms with Gasteiger partial charge in [0.05, 0.1) is 4.90 Å². The molecule has 116 valence electrons. The van der Waals surface area contributed by atoms with E-state index in [2.05, 4.69) is 15.7 Å². The molecule has 4 N–H and O–H groups in total. The van der Waals surface area contributed by atoms with Gasteiger partial charge < -0.3 is 5.32 Å². The van der Waals surface area contributed by atoms with Crippen molar-refractivity contribution in [2.24, 2.45) is 12.2 Å². The SMILES string of the molecule is Cn1ccc(C(=O)NC(=S)Nc2ccc(S(N)(=O)=O)cc2)n1. The van der Waals surface area contributed by atoms with E-state index in [0.717, 1.165) is 0 Å². The number of rotatable bonds is 3. The van der Waals surface area contributed by atoms with Gasteiger partial charge in [-0.15, -0.1) is 0 Å². The molecule has 0 aliphatic heterocycles. The quantitative estimate of drug-likeness (QED) is 0.687. The molecule has 0 fully saturated rings. The number of aryl methyl sites for hydroxylation is 1. The summed E-state index contributed by atoms with van der Waals surface area (Å²) in [6.45, 7) is 0. The number of nitrogens with zero attached hydrogens (tertiary/aromatic N) is 2. The summed E-state index contributed by atoms with van der Waals surface area (Å²) in [4.78, 5) is 11.8. The number of anilines is 1. The van der Waals surface area contributed by atoms with Crippen LogP contribution in [0.4, 0.5) is 5.69 Å². The van der Waals surface area contributed by atoms with Crippen LogP contribution in [0, 0.1) is 0 Å². The summed E-state index contributed by atoms with van der Waals surface area (Å²) in [6, 6.07) is 7.19. The summed E-state index contributed by atoms with van der Waals surface area (Å²) >= 11 is 5.00. The van der Waals surface area contributed by atoms with Crippen molar-refractivity contribution in [2.75, 3.05) is 5.32 Å². The molecule has 0 radical (unpaired) electrons. The Morgan fingerprint density at radius 2 is 1.91 bits per heavy atom. The summed E-state index contributed by atoms with van der Waals surface area (Å²) in [6.07, 6.45) is 1.64. The molecule has 1 heterocycles. The lowest BCUT2D eigenvalue weighted by molar-refractivity contribution is 0.0972. The zero-order chi connectivity index (χ0) is 16.3. The molecule has 1 aromatic heterocycles. The first-order valence-corrected chi connectivity index (χ1v) is 7.96. The number of hydrogen-bond donors (Lipinski definition) is 3. The first-order valence-electron chi connectivity index (χ1n) is 6.00. The fourth-order valence-electron chi connectivity index (χ4n) is 1.59. The predicted octanol–water partition coefficient (Wildman–Crippen LogP) is 0.194. The van der Waals surface area contributed by atoms with Crippen LogP contribution >= 0.6 is 12.2 Å². The smallest absolute Gasteiger partial charge is 0.277 e. The molecule has 0 spiro atoms. The van der Waals surface area contributed by atoms with Crippen molar-refractivity contribution >= 4 is 38.9 Å². The number of sulfonamides is 1. The molecule has 0 atom stereocenters. The molecule has 0 saturated heterocycles. The number of amides is 1. The largest absolute Gasteiger partial charge is 0.332 e. The van der Waals surface area contributed by atoms with Crippen molar-refractivity contribution < 1.29 is 13.2 Å². The molecule has 8 nitrogen and oxygen atoms in total. The number of aromatic nitrogens is 2. The lowest BCUT2D eigenvalue weighted by atomic mass is 10.3. The van der Waals surface area contributed by atoms with Gasteiger partial charge in [-0.05, 0) is 42.5 Å². The molecular formula is C12H13N5O3S2. The highest BCUT2D eigenvalue weighted by Crippen LogP contribution is 2.12. The second-order valence-corrected chi connectivity index (χ2v) is 6.32. The lowest BCUT2D eigenvalue weighted by Crippen LogP contribution is -2.34. The standard InChI is InChI=1S/C12H13N5O3S2/c1-17-7-6-10(16-17)11(18)15-12(21)14-8-2-4-9(5-3-8)22(13,19)20/h2-7H,1H3,(H2,13,19,20)(H2,14,15,18,21). The van der Waals surface area contributed by atoms with Crippen LogP contribution < -0.4 is 15.8 Å². The van der Waals surface area contributed by atoms with E-state index >= 15 is 0 Å². The molecule has 10 heteroatoms. The Labute approximate surface area is 132 Å². The Morgan fingerprint density at radius 1 is 1.27 bits per heavy atom. The van der Waals surface area contributed by atoms with Crippen molar-refractivity contribution in [3.8, 4) is 0 Å². The second kappa shape index (κ2) is 6.22. The number of carbonyl (C=O) groups is 1. The van der Waals surface area contributed by atoms with Gasteiger partial charge in [-0.1, -0.05) is 0 Å². The third kappa shape index (κ3) is 4.10. The minimum Gasteiger partial charge on any atom is -0.332 e. The molecule has 1 amide bonds. The zero-order valence-corrected chi connectivity index (χ0v) is 13.1. The first-order chi connectivity index (χ1) is 10.3. The summed E-state index contributed by atoms with van der Waals surface area (Å²) in [5, 5.41) is 14.2. The van der Waals surface area contributed by atoms with Crippen LogP contribution in [0.15, 0.2) is 41.4 Å². The number of hydrogen-bond acceptors (Lipinski definition) is 5. The number of nitrogens with one attached hydrogen (secondary N) is 2. The lowest BCUT2D eigenvalue weighted by Gasteiger charge is -2.09. The van der Waals surface area contributed by atoms with Crippen LogP contribution in [0.5, 0.6) is 0 Å².